The number of nitrogens with one attached hydrogen (secondary N) is 2. The number of hydrogen-bond acceptors (Lipinski definition) is 7. The molecule has 0 saturated heterocycles. The smallest absolute Gasteiger partial charge is 0.265 e. The number of rotatable bonds is 5. The Kier molecular flexibility index (Phi) is 3.46. The maximum atomic E-state index is 12.1. The highest BCUT2D eigenvalue weighted by Gasteiger charge is 2.24. The fourth-order valence-corrected chi connectivity index (χ4v) is 2.51. The molecule has 2 heterocycles. The summed E-state index contributed by atoms with van der Waals surface area (Å²) in [6, 6.07) is 2.23. The molecule has 1 amide bonds. The van der Waals surface area contributed by atoms with Gasteiger partial charge in [-0.15, -0.1) is 0 Å². The molecule has 0 unspecified atom stereocenters. The maximum absolute atomic E-state index is 12.1. The van der Waals surface area contributed by atoms with Gasteiger partial charge >= 0.3 is 0 Å². The van der Waals surface area contributed by atoms with Gasteiger partial charge < -0.3 is 16.4 Å². The minimum Gasteiger partial charge on any atom is -0.382 e. The molecule has 0 aliphatic heterocycles. The van der Waals surface area contributed by atoms with E-state index in [2.05, 4.69) is 25.6 Å². The third-order valence-electron chi connectivity index (χ3n) is 2.84. The molecule has 1 aliphatic rings. The quantitative estimate of drug-likeness (QED) is 0.759. The Labute approximate surface area is 119 Å². The van der Waals surface area contributed by atoms with E-state index in [4.69, 9.17) is 5.73 Å². The summed E-state index contributed by atoms with van der Waals surface area (Å²) in [6.07, 6.45) is 5.37. The molecule has 2 aromatic rings. The van der Waals surface area contributed by atoms with Gasteiger partial charge in [0.2, 0.25) is 0 Å². The Balaban J connectivity index is 1.62. The predicted molar refractivity (Wildman–Crippen MR) is 76.4 cm³/mol. The fraction of sp³-hybridized carbons (Fsp3) is 0.333. The molecule has 0 aromatic carbocycles. The van der Waals surface area contributed by atoms with Crippen LogP contribution in [0.1, 0.15) is 28.2 Å². The van der Waals surface area contributed by atoms with Gasteiger partial charge in [-0.2, -0.15) is 0 Å². The van der Waals surface area contributed by atoms with E-state index < -0.39 is 0 Å². The Hall–Kier alpha value is -2.22. The number of nitrogens with two attached hydrogens (primary N) is 1. The molecule has 8 heteroatoms. The lowest BCUT2D eigenvalue weighted by molar-refractivity contribution is 0.0955. The van der Waals surface area contributed by atoms with Crippen molar-refractivity contribution in [1.82, 2.24) is 20.3 Å². The number of carbonyl (C=O) groups excluding carboxylic acids is 1. The lowest BCUT2D eigenvalue weighted by atomic mass is 10.4. The van der Waals surface area contributed by atoms with Crippen LogP contribution in [0.15, 0.2) is 18.6 Å². The van der Waals surface area contributed by atoms with Crippen molar-refractivity contribution in [3.05, 3.63) is 29.2 Å². The van der Waals surface area contributed by atoms with Crippen molar-refractivity contribution in [2.24, 2.45) is 0 Å². The molecule has 0 radical (unpaired) electrons. The number of thiazole rings is 1. The highest BCUT2D eigenvalue weighted by atomic mass is 32.1. The molecule has 3 rings (SSSR count). The van der Waals surface area contributed by atoms with E-state index in [0.29, 0.717) is 22.6 Å². The zero-order valence-electron chi connectivity index (χ0n) is 10.7. The molecule has 1 fully saturated rings. The summed E-state index contributed by atoms with van der Waals surface area (Å²) in [4.78, 5) is 24.5. The average Bonchev–Trinajstić information content (AvgIpc) is 3.19. The highest BCUT2D eigenvalue weighted by Crippen LogP contribution is 2.30. The number of hydrogen-bond donors (Lipinski definition) is 3. The fourth-order valence-electron chi connectivity index (χ4n) is 1.63. The van der Waals surface area contributed by atoms with E-state index in [1.165, 1.54) is 17.7 Å². The topological polar surface area (TPSA) is 106 Å². The lowest BCUT2D eigenvalue weighted by Crippen LogP contribution is -2.23. The van der Waals surface area contributed by atoms with E-state index in [0.717, 1.165) is 18.5 Å². The van der Waals surface area contributed by atoms with Crippen molar-refractivity contribution in [1.29, 1.82) is 0 Å². The Bertz CT molecular complexity index is 610. The van der Waals surface area contributed by atoms with Crippen LogP contribution in [0, 0.1) is 0 Å². The lowest BCUT2D eigenvalue weighted by Gasteiger charge is -2.02. The van der Waals surface area contributed by atoms with Crippen LogP contribution in [0.5, 0.6) is 0 Å². The third kappa shape index (κ3) is 3.02. The van der Waals surface area contributed by atoms with Crippen molar-refractivity contribution >= 4 is 28.2 Å². The molecule has 0 atom stereocenters. The molecule has 0 spiro atoms. The SMILES string of the molecule is Nc1nc(NC2CC2)sc1C(=O)NCc1ccncn1. The summed E-state index contributed by atoms with van der Waals surface area (Å²) in [5, 5.41) is 6.71. The molecule has 7 nitrogen and oxygen atoms in total. The van der Waals surface area contributed by atoms with Crippen LogP contribution in [-0.4, -0.2) is 26.9 Å². The minimum absolute atomic E-state index is 0.234. The third-order valence-corrected chi connectivity index (χ3v) is 3.84. The number of nitrogen functional groups attached to an aromatic ring is 1. The van der Waals surface area contributed by atoms with Gasteiger partial charge in [-0.3, -0.25) is 4.79 Å². The van der Waals surface area contributed by atoms with Gasteiger partial charge in [0.05, 0.1) is 12.2 Å². The van der Waals surface area contributed by atoms with Crippen LogP contribution < -0.4 is 16.4 Å². The molecule has 1 saturated carbocycles. The molecule has 104 valence electrons. The minimum atomic E-state index is -0.234. The van der Waals surface area contributed by atoms with Crippen molar-refractivity contribution in [2.45, 2.75) is 25.4 Å². The summed E-state index contributed by atoms with van der Waals surface area (Å²) in [6.45, 7) is 0.337. The first-order chi connectivity index (χ1) is 9.72. The number of carbonyl (C=O) groups is 1. The maximum Gasteiger partial charge on any atom is 0.265 e. The Morgan fingerprint density at radius 3 is 3.05 bits per heavy atom. The Morgan fingerprint density at radius 2 is 2.35 bits per heavy atom. The predicted octanol–water partition coefficient (Wildman–Crippen LogP) is 1.02. The van der Waals surface area contributed by atoms with Crippen LogP contribution in [0.3, 0.4) is 0 Å². The van der Waals surface area contributed by atoms with Crippen LogP contribution in [0.25, 0.3) is 0 Å². The molecular weight excluding hydrogens is 276 g/mol. The van der Waals surface area contributed by atoms with Gasteiger partial charge in [0.1, 0.15) is 17.0 Å². The van der Waals surface area contributed by atoms with Crippen LogP contribution in [-0.2, 0) is 6.54 Å². The van der Waals surface area contributed by atoms with Crippen molar-refractivity contribution in [3.8, 4) is 0 Å². The van der Waals surface area contributed by atoms with Crippen LogP contribution in [0.2, 0.25) is 0 Å². The number of aromatic nitrogens is 3. The number of nitrogens with zero attached hydrogens (tertiary/aromatic N) is 3. The molecular formula is C12H14N6OS. The van der Waals surface area contributed by atoms with E-state index in [1.54, 1.807) is 12.3 Å². The summed E-state index contributed by atoms with van der Waals surface area (Å²) >= 11 is 1.28. The van der Waals surface area contributed by atoms with E-state index in [-0.39, 0.29) is 11.7 Å². The molecule has 4 N–H and O–H groups in total. The van der Waals surface area contributed by atoms with Gasteiger partial charge in [0.15, 0.2) is 5.13 Å². The average molecular weight is 290 g/mol. The summed E-state index contributed by atoms with van der Waals surface area (Å²) in [5.41, 5.74) is 6.52. The highest BCUT2D eigenvalue weighted by molar-refractivity contribution is 7.18. The Morgan fingerprint density at radius 1 is 1.50 bits per heavy atom. The summed E-state index contributed by atoms with van der Waals surface area (Å²) in [5.74, 6) is 0.0285. The van der Waals surface area contributed by atoms with E-state index >= 15 is 0 Å². The van der Waals surface area contributed by atoms with Gasteiger partial charge in [-0.25, -0.2) is 15.0 Å². The van der Waals surface area contributed by atoms with Crippen molar-refractivity contribution in [3.63, 3.8) is 0 Å². The second kappa shape index (κ2) is 5.41. The number of amides is 1. The first-order valence-corrected chi connectivity index (χ1v) is 7.10. The van der Waals surface area contributed by atoms with Gasteiger partial charge in [-0.1, -0.05) is 11.3 Å². The molecule has 2 aromatic heterocycles. The zero-order valence-corrected chi connectivity index (χ0v) is 11.5. The van der Waals surface area contributed by atoms with Crippen molar-refractivity contribution < 1.29 is 4.79 Å². The molecule has 20 heavy (non-hydrogen) atoms. The van der Waals surface area contributed by atoms with Crippen LogP contribution >= 0.6 is 11.3 Å². The second-order valence-electron chi connectivity index (χ2n) is 4.54. The summed E-state index contributed by atoms with van der Waals surface area (Å²) < 4.78 is 0. The first-order valence-electron chi connectivity index (χ1n) is 6.28. The van der Waals surface area contributed by atoms with Crippen molar-refractivity contribution in [2.75, 3.05) is 11.1 Å². The van der Waals surface area contributed by atoms with Crippen LogP contribution in [0.4, 0.5) is 10.9 Å². The first kappa shape index (κ1) is 12.8. The standard InChI is InChI=1S/C12H14N6OS/c13-10-9(20-12(18-10)17-7-1-2-7)11(19)15-5-8-3-4-14-6-16-8/h3-4,6-7H,1-2,5,13H2,(H,15,19)(H,17,18). The summed E-state index contributed by atoms with van der Waals surface area (Å²) in [7, 11) is 0. The largest absolute Gasteiger partial charge is 0.382 e. The van der Waals surface area contributed by atoms with E-state index in [9.17, 15) is 4.79 Å². The number of anilines is 2. The van der Waals surface area contributed by atoms with Gasteiger partial charge in [0.25, 0.3) is 5.91 Å². The van der Waals surface area contributed by atoms with Gasteiger partial charge in [0, 0.05) is 12.2 Å². The van der Waals surface area contributed by atoms with E-state index in [1.807, 2.05) is 0 Å². The monoisotopic (exact) mass is 290 g/mol. The van der Waals surface area contributed by atoms with Gasteiger partial charge in [-0.05, 0) is 18.9 Å². The molecule has 1 aliphatic carbocycles. The second-order valence-corrected chi connectivity index (χ2v) is 5.53. The molecule has 0 bridgehead atoms. The normalized spacial score (nSPS) is 14.0. The zero-order chi connectivity index (χ0) is 13.9.